The molecule has 1 aliphatic heterocycles. The molecule has 0 aliphatic carbocycles. The van der Waals surface area contributed by atoms with E-state index in [2.05, 4.69) is 36.4 Å². The molecule has 0 radical (unpaired) electrons. The summed E-state index contributed by atoms with van der Waals surface area (Å²) in [6.45, 7) is 2.71. The van der Waals surface area contributed by atoms with Crippen molar-refractivity contribution in [2.24, 2.45) is 0 Å². The highest BCUT2D eigenvalue weighted by Crippen LogP contribution is 2.16. The Morgan fingerprint density at radius 1 is 1.30 bits per heavy atom. The summed E-state index contributed by atoms with van der Waals surface area (Å²) in [7, 11) is 4.22. The molecule has 1 aromatic carbocycles. The van der Waals surface area contributed by atoms with Crippen molar-refractivity contribution in [1.82, 2.24) is 10.2 Å². The number of hydrogen-bond donors (Lipinski definition) is 2. The van der Waals surface area contributed by atoms with Gasteiger partial charge in [0, 0.05) is 18.7 Å². The van der Waals surface area contributed by atoms with Gasteiger partial charge in [0.2, 0.25) is 5.91 Å². The second kappa shape index (κ2) is 9.25. The van der Waals surface area contributed by atoms with E-state index in [1.54, 1.807) is 0 Å². The van der Waals surface area contributed by atoms with Crippen molar-refractivity contribution in [3.63, 3.8) is 0 Å². The van der Waals surface area contributed by atoms with E-state index < -0.39 is 0 Å². The molecular weight excluding hydrogens is 326 g/mol. The molecule has 126 valence electrons. The summed E-state index contributed by atoms with van der Waals surface area (Å²) < 4.78 is 0.857. The zero-order valence-corrected chi connectivity index (χ0v) is 15.5. The number of rotatable bonds is 6. The van der Waals surface area contributed by atoms with Crippen LogP contribution in [0.2, 0.25) is 0 Å². The number of likely N-dealkylation sites (N-methyl/N-ethyl adjacent to an activating group) is 1. The fourth-order valence-corrected chi connectivity index (χ4v) is 3.81. The molecule has 1 aromatic rings. The molecule has 1 saturated heterocycles. The Balaban J connectivity index is 1.76. The lowest BCUT2D eigenvalue weighted by Gasteiger charge is -2.22. The second-order valence-electron chi connectivity index (χ2n) is 6.09. The average molecular weight is 353 g/mol. The lowest BCUT2D eigenvalue weighted by molar-refractivity contribution is -0.890. The maximum Gasteiger partial charge on any atom is 0.230 e. The summed E-state index contributed by atoms with van der Waals surface area (Å²) in [5.41, 5.74) is 1.24. The molecule has 1 atom stereocenters. The van der Waals surface area contributed by atoms with Gasteiger partial charge >= 0.3 is 0 Å². The molecule has 1 fully saturated rings. The molecule has 6 heteroatoms. The summed E-state index contributed by atoms with van der Waals surface area (Å²) in [6, 6.07) is 10.6. The molecule has 0 saturated carbocycles. The summed E-state index contributed by atoms with van der Waals surface area (Å²) in [6.07, 6.45) is 2.41. The van der Waals surface area contributed by atoms with E-state index in [-0.39, 0.29) is 11.9 Å². The molecule has 23 heavy (non-hydrogen) atoms. The molecule has 2 rings (SSSR count). The van der Waals surface area contributed by atoms with Gasteiger partial charge in [-0.15, -0.1) is 0 Å². The number of thioether (sulfide) groups is 1. The number of likely N-dealkylation sites (tertiary alicyclic amines) is 1. The lowest BCUT2D eigenvalue weighted by atomic mass is 10.1. The summed E-state index contributed by atoms with van der Waals surface area (Å²) in [5, 5.41) is 3.05. The minimum atomic E-state index is 0.0544. The van der Waals surface area contributed by atoms with Crippen LogP contribution < -0.4 is 10.2 Å². The van der Waals surface area contributed by atoms with Crippen LogP contribution in [0.5, 0.6) is 0 Å². The number of nitrogens with one attached hydrogen (secondary N) is 2. The highest BCUT2D eigenvalue weighted by Gasteiger charge is 2.19. The monoisotopic (exact) mass is 352 g/mol. The third-order valence-electron chi connectivity index (χ3n) is 4.09. The molecule has 1 amide bonds. The number of carbonyl (C=O) groups excluding carboxylic acids is 1. The van der Waals surface area contributed by atoms with E-state index in [4.69, 9.17) is 12.2 Å². The van der Waals surface area contributed by atoms with Gasteiger partial charge in [-0.1, -0.05) is 54.3 Å². The van der Waals surface area contributed by atoms with Crippen molar-refractivity contribution in [2.75, 3.05) is 39.5 Å². The summed E-state index contributed by atoms with van der Waals surface area (Å²) in [5.74, 6) is 0.457. The van der Waals surface area contributed by atoms with Crippen LogP contribution in [0.1, 0.15) is 24.4 Å². The van der Waals surface area contributed by atoms with Crippen molar-refractivity contribution < 1.29 is 9.69 Å². The Hall–Kier alpha value is -1.11. The smallest absolute Gasteiger partial charge is 0.230 e. The van der Waals surface area contributed by atoms with Gasteiger partial charge in [-0.05, 0) is 12.8 Å². The molecule has 0 unspecified atom stereocenters. The van der Waals surface area contributed by atoms with Gasteiger partial charge in [0.05, 0.1) is 26.4 Å². The van der Waals surface area contributed by atoms with Crippen molar-refractivity contribution in [3.05, 3.63) is 35.9 Å². The second-order valence-corrected chi connectivity index (χ2v) is 7.70. The SMILES string of the molecule is C[NH+](C)[C@@H](CNC(=O)CSC(=S)N1CCCC1)c1ccccc1. The van der Waals surface area contributed by atoms with E-state index in [9.17, 15) is 4.79 Å². The zero-order valence-electron chi connectivity index (χ0n) is 13.9. The van der Waals surface area contributed by atoms with Crippen LogP contribution in [-0.2, 0) is 4.79 Å². The highest BCUT2D eigenvalue weighted by atomic mass is 32.2. The van der Waals surface area contributed by atoms with Crippen LogP contribution in [-0.4, -0.2) is 54.6 Å². The van der Waals surface area contributed by atoms with Gasteiger partial charge < -0.3 is 15.1 Å². The van der Waals surface area contributed by atoms with Gasteiger partial charge in [-0.25, -0.2) is 0 Å². The number of amides is 1. The first-order chi connectivity index (χ1) is 11.1. The number of benzene rings is 1. The van der Waals surface area contributed by atoms with Gasteiger partial charge in [0.25, 0.3) is 0 Å². The van der Waals surface area contributed by atoms with Gasteiger partial charge in [-0.2, -0.15) is 0 Å². The number of hydrogen-bond acceptors (Lipinski definition) is 3. The van der Waals surface area contributed by atoms with Crippen molar-refractivity contribution >= 4 is 34.2 Å². The van der Waals surface area contributed by atoms with Crippen molar-refractivity contribution in [2.45, 2.75) is 18.9 Å². The van der Waals surface area contributed by atoms with Gasteiger partial charge in [-0.3, -0.25) is 4.79 Å². The number of carbonyl (C=O) groups is 1. The molecule has 2 N–H and O–H groups in total. The first-order valence-corrected chi connectivity index (χ1v) is 9.50. The molecule has 0 spiro atoms. The third-order valence-corrected chi connectivity index (χ3v) is 5.62. The summed E-state index contributed by atoms with van der Waals surface area (Å²) in [4.78, 5) is 15.6. The molecule has 1 heterocycles. The number of nitrogens with zero attached hydrogens (tertiary/aromatic N) is 1. The van der Waals surface area contributed by atoms with Crippen LogP contribution in [0.25, 0.3) is 0 Å². The Bertz CT molecular complexity index is 516. The first-order valence-electron chi connectivity index (χ1n) is 8.11. The Kier molecular flexibility index (Phi) is 7.33. The maximum atomic E-state index is 12.1. The molecule has 0 aromatic heterocycles. The van der Waals surface area contributed by atoms with Crippen molar-refractivity contribution in [1.29, 1.82) is 0 Å². The topological polar surface area (TPSA) is 36.8 Å². The Labute approximate surface area is 148 Å². The minimum absolute atomic E-state index is 0.0544. The van der Waals surface area contributed by atoms with Crippen LogP contribution in [0.3, 0.4) is 0 Å². The van der Waals surface area contributed by atoms with E-state index in [1.807, 2.05) is 18.2 Å². The number of thiocarbonyl (C=S) groups is 1. The average Bonchev–Trinajstić information content (AvgIpc) is 3.08. The van der Waals surface area contributed by atoms with E-state index >= 15 is 0 Å². The lowest BCUT2D eigenvalue weighted by Crippen LogP contribution is -3.07. The van der Waals surface area contributed by atoms with E-state index in [1.165, 1.54) is 35.1 Å². The van der Waals surface area contributed by atoms with Gasteiger partial charge in [0.15, 0.2) is 0 Å². The van der Waals surface area contributed by atoms with Gasteiger partial charge in [0.1, 0.15) is 10.4 Å². The maximum absolute atomic E-state index is 12.1. The quantitative estimate of drug-likeness (QED) is 0.752. The van der Waals surface area contributed by atoms with Crippen LogP contribution in [0.15, 0.2) is 30.3 Å². The van der Waals surface area contributed by atoms with E-state index in [0.29, 0.717) is 12.3 Å². The predicted octanol–water partition coefficient (Wildman–Crippen LogP) is 1.10. The fraction of sp³-hybridized carbons (Fsp3) is 0.529. The van der Waals surface area contributed by atoms with Crippen LogP contribution in [0, 0.1) is 0 Å². The number of quaternary nitrogens is 1. The Morgan fingerprint density at radius 3 is 2.57 bits per heavy atom. The normalized spacial score (nSPS) is 15.7. The largest absolute Gasteiger partial charge is 0.358 e. The van der Waals surface area contributed by atoms with E-state index in [0.717, 1.165) is 17.4 Å². The predicted molar refractivity (Wildman–Crippen MR) is 101 cm³/mol. The molecular formula is C17H26N3OS2+. The summed E-state index contributed by atoms with van der Waals surface area (Å²) >= 11 is 6.87. The third kappa shape index (κ3) is 5.79. The zero-order chi connectivity index (χ0) is 16.7. The van der Waals surface area contributed by atoms with Crippen LogP contribution in [0.4, 0.5) is 0 Å². The van der Waals surface area contributed by atoms with Crippen molar-refractivity contribution in [3.8, 4) is 0 Å². The molecule has 4 nitrogen and oxygen atoms in total. The molecule has 1 aliphatic rings. The first kappa shape index (κ1) is 18.2. The Morgan fingerprint density at radius 2 is 1.96 bits per heavy atom. The minimum Gasteiger partial charge on any atom is -0.358 e. The fourth-order valence-electron chi connectivity index (χ4n) is 2.73. The standard InChI is InChI=1S/C17H25N3OS2/c1-19(2)15(14-8-4-3-5-9-14)12-18-16(21)13-23-17(22)20-10-6-7-11-20/h3-5,8-9,15H,6-7,10-13H2,1-2H3,(H,18,21)/p+1/t15-/m0/s1. The molecule has 0 bridgehead atoms. The van der Waals surface area contributed by atoms with Crippen LogP contribution >= 0.6 is 24.0 Å². The highest BCUT2D eigenvalue weighted by molar-refractivity contribution is 8.23.